The highest BCUT2D eigenvalue weighted by Gasteiger charge is 2.14. The SMILES string of the molecule is COCCSc1nnc(-c2cccc([N+](=O)[O-])c2)n1C. The molecule has 8 heteroatoms. The Bertz CT molecular complexity index is 614. The van der Waals surface area contributed by atoms with Crippen molar-refractivity contribution in [2.45, 2.75) is 5.16 Å². The monoisotopic (exact) mass is 294 g/mol. The molecule has 0 amide bonds. The van der Waals surface area contributed by atoms with E-state index in [2.05, 4.69) is 10.2 Å². The van der Waals surface area contributed by atoms with Crippen molar-refractivity contribution in [3.8, 4) is 11.4 Å². The van der Waals surface area contributed by atoms with Crippen molar-refractivity contribution in [2.75, 3.05) is 19.5 Å². The number of nitro groups is 1. The third kappa shape index (κ3) is 3.14. The molecule has 2 rings (SSSR count). The molecule has 0 bridgehead atoms. The Morgan fingerprint density at radius 3 is 2.95 bits per heavy atom. The molecular weight excluding hydrogens is 280 g/mol. The highest BCUT2D eigenvalue weighted by Crippen LogP contribution is 2.25. The first-order chi connectivity index (χ1) is 9.63. The second-order valence-electron chi connectivity index (χ2n) is 4.01. The number of hydrogen-bond acceptors (Lipinski definition) is 6. The molecule has 1 aromatic carbocycles. The average molecular weight is 294 g/mol. The third-order valence-electron chi connectivity index (χ3n) is 2.67. The molecule has 0 spiro atoms. The van der Waals surface area contributed by atoms with Crippen LogP contribution in [0.2, 0.25) is 0 Å². The van der Waals surface area contributed by atoms with Crippen LogP contribution in [0, 0.1) is 10.1 Å². The van der Waals surface area contributed by atoms with Crippen molar-refractivity contribution in [1.82, 2.24) is 14.8 Å². The lowest BCUT2D eigenvalue weighted by Crippen LogP contribution is -1.98. The minimum absolute atomic E-state index is 0.0408. The number of nitrogens with zero attached hydrogens (tertiary/aromatic N) is 4. The second kappa shape index (κ2) is 6.49. The van der Waals surface area contributed by atoms with Gasteiger partial charge in [0.15, 0.2) is 11.0 Å². The van der Waals surface area contributed by atoms with Gasteiger partial charge in [-0.3, -0.25) is 10.1 Å². The Morgan fingerprint density at radius 2 is 2.25 bits per heavy atom. The highest BCUT2D eigenvalue weighted by atomic mass is 32.2. The number of non-ortho nitro benzene ring substituents is 1. The molecule has 0 aliphatic heterocycles. The van der Waals surface area contributed by atoms with Gasteiger partial charge in [-0.1, -0.05) is 23.9 Å². The molecule has 0 fully saturated rings. The van der Waals surface area contributed by atoms with Gasteiger partial charge in [0.05, 0.1) is 11.5 Å². The predicted octanol–water partition coefficient (Wildman–Crippen LogP) is 2.13. The van der Waals surface area contributed by atoms with Crippen LogP contribution in [0.15, 0.2) is 29.4 Å². The molecule has 1 aromatic heterocycles. The van der Waals surface area contributed by atoms with Crippen LogP contribution in [0.4, 0.5) is 5.69 Å². The number of ether oxygens (including phenoxy) is 1. The van der Waals surface area contributed by atoms with Crippen molar-refractivity contribution in [3.05, 3.63) is 34.4 Å². The molecule has 2 aromatic rings. The van der Waals surface area contributed by atoms with Gasteiger partial charge in [-0.15, -0.1) is 10.2 Å². The van der Waals surface area contributed by atoms with Gasteiger partial charge in [-0.05, 0) is 0 Å². The lowest BCUT2D eigenvalue weighted by atomic mass is 10.2. The molecule has 0 aliphatic rings. The number of benzene rings is 1. The molecule has 0 atom stereocenters. The van der Waals surface area contributed by atoms with Gasteiger partial charge < -0.3 is 9.30 Å². The van der Waals surface area contributed by atoms with Gasteiger partial charge in [-0.2, -0.15) is 0 Å². The fraction of sp³-hybridized carbons (Fsp3) is 0.333. The Balaban J connectivity index is 2.25. The van der Waals surface area contributed by atoms with Crippen molar-refractivity contribution < 1.29 is 9.66 Å². The fourth-order valence-corrected chi connectivity index (χ4v) is 2.48. The summed E-state index contributed by atoms with van der Waals surface area (Å²) in [6, 6.07) is 6.36. The zero-order chi connectivity index (χ0) is 14.5. The van der Waals surface area contributed by atoms with Gasteiger partial charge in [0.25, 0.3) is 5.69 Å². The van der Waals surface area contributed by atoms with Crippen LogP contribution < -0.4 is 0 Å². The molecule has 7 nitrogen and oxygen atoms in total. The standard InChI is InChI=1S/C12H14N4O3S/c1-15-11(13-14-12(15)20-7-6-19-2)9-4-3-5-10(8-9)16(17)18/h3-5,8H,6-7H2,1-2H3. The number of nitro benzene ring substituents is 1. The minimum atomic E-state index is -0.423. The van der Waals surface area contributed by atoms with E-state index in [0.717, 1.165) is 10.9 Å². The summed E-state index contributed by atoms with van der Waals surface area (Å²) in [5.41, 5.74) is 0.715. The van der Waals surface area contributed by atoms with Crippen molar-refractivity contribution in [2.24, 2.45) is 7.05 Å². The molecule has 0 N–H and O–H groups in total. The van der Waals surface area contributed by atoms with Gasteiger partial charge in [0.1, 0.15) is 0 Å². The van der Waals surface area contributed by atoms with E-state index in [1.807, 2.05) is 11.6 Å². The summed E-state index contributed by atoms with van der Waals surface area (Å²) in [5, 5.41) is 19.7. The first-order valence-electron chi connectivity index (χ1n) is 5.89. The number of hydrogen-bond donors (Lipinski definition) is 0. The molecule has 0 saturated heterocycles. The van der Waals surface area contributed by atoms with E-state index in [1.54, 1.807) is 19.2 Å². The maximum Gasteiger partial charge on any atom is 0.270 e. The first-order valence-corrected chi connectivity index (χ1v) is 6.88. The number of rotatable bonds is 6. The Kier molecular flexibility index (Phi) is 4.70. The van der Waals surface area contributed by atoms with Crippen LogP contribution in [0.5, 0.6) is 0 Å². The van der Waals surface area contributed by atoms with E-state index >= 15 is 0 Å². The average Bonchev–Trinajstić information content (AvgIpc) is 2.81. The summed E-state index contributed by atoms with van der Waals surface area (Å²) in [6.07, 6.45) is 0. The second-order valence-corrected chi connectivity index (χ2v) is 5.08. The molecule has 0 aliphatic carbocycles. The summed E-state index contributed by atoms with van der Waals surface area (Å²) in [4.78, 5) is 10.4. The van der Waals surface area contributed by atoms with Gasteiger partial charge in [-0.25, -0.2) is 0 Å². The Labute approximate surface area is 120 Å². The quantitative estimate of drug-likeness (QED) is 0.351. The van der Waals surface area contributed by atoms with Gasteiger partial charge >= 0.3 is 0 Å². The van der Waals surface area contributed by atoms with Crippen LogP contribution in [0.3, 0.4) is 0 Å². The number of aromatic nitrogens is 3. The van der Waals surface area contributed by atoms with E-state index in [4.69, 9.17) is 4.74 Å². The van der Waals surface area contributed by atoms with E-state index in [1.165, 1.54) is 23.9 Å². The normalized spacial score (nSPS) is 10.7. The van der Waals surface area contributed by atoms with Crippen molar-refractivity contribution in [3.63, 3.8) is 0 Å². The fourth-order valence-electron chi connectivity index (χ4n) is 1.67. The van der Waals surface area contributed by atoms with E-state index in [-0.39, 0.29) is 5.69 Å². The molecule has 106 valence electrons. The molecule has 20 heavy (non-hydrogen) atoms. The third-order valence-corrected chi connectivity index (χ3v) is 3.65. The molecule has 1 heterocycles. The Morgan fingerprint density at radius 1 is 1.45 bits per heavy atom. The lowest BCUT2D eigenvalue weighted by molar-refractivity contribution is -0.384. The molecule has 0 saturated carbocycles. The van der Waals surface area contributed by atoms with E-state index < -0.39 is 4.92 Å². The topological polar surface area (TPSA) is 83.1 Å². The minimum Gasteiger partial charge on any atom is -0.384 e. The maximum atomic E-state index is 10.8. The largest absolute Gasteiger partial charge is 0.384 e. The summed E-state index contributed by atoms with van der Waals surface area (Å²) < 4.78 is 6.80. The lowest BCUT2D eigenvalue weighted by Gasteiger charge is -2.03. The van der Waals surface area contributed by atoms with Gasteiger partial charge in [0, 0.05) is 37.6 Å². The van der Waals surface area contributed by atoms with E-state index in [0.29, 0.717) is 18.0 Å². The zero-order valence-corrected chi connectivity index (χ0v) is 12.0. The first kappa shape index (κ1) is 14.5. The smallest absolute Gasteiger partial charge is 0.270 e. The maximum absolute atomic E-state index is 10.8. The van der Waals surface area contributed by atoms with E-state index in [9.17, 15) is 10.1 Å². The van der Waals surface area contributed by atoms with Crippen LogP contribution in [-0.4, -0.2) is 39.2 Å². The summed E-state index contributed by atoms with van der Waals surface area (Å²) in [7, 11) is 3.48. The van der Waals surface area contributed by atoms with Crippen molar-refractivity contribution >= 4 is 17.4 Å². The zero-order valence-electron chi connectivity index (χ0n) is 11.1. The van der Waals surface area contributed by atoms with Crippen LogP contribution in [-0.2, 0) is 11.8 Å². The van der Waals surface area contributed by atoms with Gasteiger partial charge in [0.2, 0.25) is 0 Å². The number of thioether (sulfide) groups is 1. The summed E-state index contributed by atoms with van der Waals surface area (Å²) in [5.74, 6) is 1.38. The predicted molar refractivity (Wildman–Crippen MR) is 75.7 cm³/mol. The summed E-state index contributed by atoms with van der Waals surface area (Å²) >= 11 is 1.53. The van der Waals surface area contributed by atoms with Crippen molar-refractivity contribution in [1.29, 1.82) is 0 Å². The molecular formula is C12H14N4O3S. The van der Waals surface area contributed by atoms with Crippen LogP contribution in [0.1, 0.15) is 0 Å². The summed E-state index contributed by atoms with van der Waals surface area (Å²) in [6.45, 7) is 0.629. The van der Waals surface area contributed by atoms with Crippen LogP contribution >= 0.6 is 11.8 Å². The molecule has 0 unspecified atom stereocenters. The number of methoxy groups -OCH3 is 1. The Hall–Kier alpha value is -1.93. The van der Waals surface area contributed by atoms with Crippen LogP contribution in [0.25, 0.3) is 11.4 Å². The highest BCUT2D eigenvalue weighted by molar-refractivity contribution is 7.99. The molecule has 0 radical (unpaired) electrons.